The van der Waals surface area contributed by atoms with E-state index in [-0.39, 0.29) is 30.4 Å². The Hall–Kier alpha value is -3.19. The molecule has 0 unspecified atom stereocenters. The van der Waals surface area contributed by atoms with Crippen LogP contribution in [0.4, 0.5) is 5.69 Å². The molecular formula is C24H30N2O5. The average Bonchev–Trinajstić information content (AvgIpc) is 2.79. The lowest BCUT2D eigenvalue weighted by Gasteiger charge is -2.09. The Bertz CT molecular complexity index is 865. The fourth-order valence-corrected chi connectivity index (χ4v) is 2.91. The van der Waals surface area contributed by atoms with Crippen molar-refractivity contribution in [2.24, 2.45) is 0 Å². The summed E-state index contributed by atoms with van der Waals surface area (Å²) in [5.41, 5.74) is 1.62. The van der Waals surface area contributed by atoms with Gasteiger partial charge >= 0.3 is 0 Å². The molecule has 31 heavy (non-hydrogen) atoms. The molecule has 2 aromatic rings. The third-order valence-corrected chi connectivity index (χ3v) is 4.58. The van der Waals surface area contributed by atoms with E-state index in [2.05, 4.69) is 10.6 Å². The summed E-state index contributed by atoms with van der Waals surface area (Å²) in [5.74, 6) is 0.283. The van der Waals surface area contributed by atoms with E-state index in [1.54, 1.807) is 55.6 Å². The van der Waals surface area contributed by atoms with Crippen LogP contribution in [0.25, 0.3) is 0 Å². The molecular weight excluding hydrogens is 396 g/mol. The van der Waals surface area contributed by atoms with E-state index >= 15 is 0 Å². The smallest absolute Gasteiger partial charge is 0.251 e. The summed E-state index contributed by atoms with van der Waals surface area (Å²) < 4.78 is 10.3. The number of rotatable bonds is 13. The maximum absolute atomic E-state index is 12.2. The fourth-order valence-electron chi connectivity index (χ4n) is 2.91. The van der Waals surface area contributed by atoms with Crippen molar-refractivity contribution in [1.29, 1.82) is 0 Å². The second-order valence-corrected chi connectivity index (χ2v) is 6.94. The van der Waals surface area contributed by atoms with Crippen LogP contribution in [-0.2, 0) is 9.53 Å². The molecule has 0 radical (unpaired) electrons. The summed E-state index contributed by atoms with van der Waals surface area (Å²) in [6, 6.07) is 13.7. The van der Waals surface area contributed by atoms with Crippen LogP contribution >= 0.6 is 0 Å². The summed E-state index contributed by atoms with van der Waals surface area (Å²) in [7, 11) is 1.57. The summed E-state index contributed by atoms with van der Waals surface area (Å²) >= 11 is 0. The number of anilines is 1. The molecule has 2 aromatic carbocycles. The van der Waals surface area contributed by atoms with Gasteiger partial charge in [0.1, 0.15) is 5.75 Å². The van der Waals surface area contributed by atoms with Crippen LogP contribution in [-0.4, -0.2) is 44.5 Å². The predicted molar refractivity (Wildman–Crippen MR) is 120 cm³/mol. The maximum Gasteiger partial charge on any atom is 0.251 e. The van der Waals surface area contributed by atoms with E-state index in [1.165, 1.54) is 0 Å². The van der Waals surface area contributed by atoms with Crippen LogP contribution in [0.15, 0.2) is 48.5 Å². The van der Waals surface area contributed by atoms with E-state index in [0.29, 0.717) is 48.7 Å². The molecule has 0 heterocycles. The highest BCUT2D eigenvalue weighted by Crippen LogP contribution is 2.15. The molecule has 166 valence electrons. The molecule has 2 amide bonds. The highest BCUT2D eigenvalue weighted by molar-refractivity contribution is 5.98. The summed E-state index contributed by atoms with van der Waals surface area (Å²) in [5, 5.41) is 5.61. The van der Waals surface area contributed by atoms with E-state index < -0.39 is 0 Å². The number of ether oxygens (including phenoxy) is 2. The van der Waals surface area contributed by atoms with Crippen molar-refractivity contribution in [2.45, 2.75) is 32.6 Å². The minimum absolute atomic E-state index is 0.0153. The molecule has 0 atom stereocenters. The number of carbonyl (C=O) groups is 3. The van der Waals surface area contributed by atoms with Crippen LogP contribution in [0.1, 0.15) is 53.3 Å². The van der Waals surface area contributed by atoms with Crippen LogP contribution < -0.4 is 15.4 Å². The van der Waals surface area contributed by atoms with Gasteiger partial charge < -0.3 is 20.1 Å². The SMILES string of the molecule is CCOCCCNC(=O)c1cccc(NC(=O)CCCC(=O)c2ccc(OC)cc2)c1. The average molecular weight is 427 g/mol. The Labute approximate surface area is 183 Å². The molecule has 0 saturated heterocycles. The van der Waals surface area contributed by atoms with Gasteiger partial charge in [-0.1, -0.05) is 6.07 Å². The van der Waals surface area contributed by atoms with Crippen molar-refractivity contribution in [1.82, 2.24) is 5.32 Å². The lowest BCUT2D eigenvalue weighted by Crippen LogP contribution is -2.25. The molecule has 7 heteroatoms. The van der Waals surface area contributed by atoms with Crippen LogP contribution in [0.3, 0.4) is 0 Å². The molecule has 0 aromatic heterocycles. The molecule has 0 aliphatic carbocycles. The molecule has 0 aliphatic rings. The Morgan fingerprint density at radius 1 is 0.935 bits per heavy atom. The Kier molecular flexibility index (Phi) is 10.2. The summed E-state index contributed by atoms with van der Waals surface area (Å²) in [6.45, 7) is 3.72. The first-order valence-electron chi connectivity index (χ1n) is 10.5. The lowest BCUT2D eigenvalue weighted by atomic mass is 10.1. The zero-order valence-corrected chi connectivity index (χ0v) is 18.1. The number of amides is 2. The van der Waals surface area contributed by atoms with Gasteiger partial charge in [-0.2, -0.15) is 0 Å². The molecule has 2 N–H and O–H groups in total. The number of hydrogen-bond donors (Lipinski definition) is 2. The first kappa shape index (κ1) is 24.1. The van der Waals surface area contributed by atoms with E-state index in [0.717, 1.165) is 6.42 Å². The van der Waals surface area contributed by atoms with Crippen LogP contribution in [0.2, 0.25) is 0 Å². The van der Waals surface area contributed by atoms with Crippen molar-refractivity contribution in [3.63, 3.8) is 0 Å². The summed E-state index contributed by atoms with van der Waals surface area (Å²) in [6.07, 6.45) is 1.68. The normalized spacial score (nSPS) is 10.4. The Morgan fingerprint density at radius 2 is 1.71 bits per heavy atom. The van der Waals surface area contributed by atoms with Crippen molar-refractivity contribution >= 4 is 23.3 Å². The maximum atomic E-state index is 12.2. The van der Waals surface area contributed by atoms with E-state index in [4.69, 9.17) is 9.47 Å². The highest BCUT2D eigenvalue weighted by atomic mass is 16.5. The van der Waals surface area contributed by atoms with Gasteiger partial charge in [-0.25, -0.2) is 0 Å². The molecule has 0 spiro atoms. The zero-order valence-electron chi connectivity index (χ0n) is 18.1. The molecule has 0 saturated carbocycles. The number of hydrogen-bond acceptors (Lipinski definition) is 5. The van der Waals surface area contributed by atoms with Gasteiger partial charge in [0.2, 0.25) is 5.91 Å². The minimum atomic E-state index is -0.197. The second-order valence-electron chi connectivity index (χ2n) is 6.94. The molecule has 0 fully saturated rings. The van der Waals surface area contributed by atoms with Crippen molar-refractivity contribution in [3.8, 4) is 5.75 Å². The van der Waals surface area contributed by atoms with E-state index in [1.807, 2.05) is 6.92 Å². The number of Topliss-reactive ketones (excluding diaryl/α,β-unsaturated/α-hetero) is 1. The van der Waals surface area contributed by atoms with Crippen molar-refractivity contribution in [3.05, 3.63) is 59.7 Å². The number of methoxy groups -OCH3 is 1. The highest BCUT2D eigenvalue weighted by Gasteiger charge is 2.10. The largest absolute Gasteiger partial charge is 0.497 e. The molecule has 0 bridgehead atoms. The Balaban J connectivity index is 1.75. The van der Waals surface area contributed by atoms with Crippen LogP contribution in [0.5, 0.6) is 5.75 Å². The first-order valence-corrected chi connectivity index (χ1v) is 10.5. The minimum Gasteiger partial charge on any atom is -0.497 e. The first-order chi connectivity index (χ1) is 15.0. The zero-order chi connectivity index (χ0) is 22.5. The third kappa shape index (κ3) is 8.60. The fraction of sp³-hybridized carbons (Fsp3) is 0.375. The van der Waals surface area contributed by atoms with Crippen LogP contribution in [0, 0.1) is 0 Å². The standard InChI is InChI=1S/C24H30N2O5/c1-3-31-16-6-15-25-24(29)19-7-4-8-20(17-19)26-23(28)10-5-9-22(27)18-11-13-21(30-2)14-12-18/h4,7-8,11-14,17H,3,5-6,9-10,15-16H2,1-2H3,(H,25,29)(H,26,28). The lowest BCUT2D eigenvalue weighted by molar-refractivity contribution is -0.116. The topological polar surface area (TPSA) is 93.7 Å². The molecule has 2 rings (SSSR count). The van der Waals surface area contributed by atoms with Crippen molar-refractivity contribution < 1.29 is 23.9 Å². The predicted octanol–water partition coefficient (Wildman–Crippen LogP) is 3.84. The quantitative estimate of drug-likeness (QED) is 0.375. The van der Waals surface area contributed by atoms with Gasteiger partial charge in [0, 0.05) is 49.4 Å². The molecule has 0 aliphatic heterocycles. The molecule has 7 nitrogen and oxygen atoms in total. The van der Waals surface area contributed by atoms with E-state index in [9.17, 15) is 14.4 Å². The van der Waals surface area contributed by atoms with Gasteiger partial charge in [0.05, 0.1) is 7.11 Å². The van der Waals surface area contributed by atoms with Gasteiger partial charge in [0.25, 0.3) is 5.91 Å². The number of ketones is 1. The summed E-state index contributed by atoms with van der Waals surface area (Å²) in [4.78, 5) is 36.7. The Morgan fingerprint density at radius 3 is 2.42 bits per heavy atom. The second kappa shape index (κ2) is 13.2. The number of benzene rings is 2. The number of nitrogens with one attached hydrogen (secondary N) is 2. The number of carbonyl (C=O) groups excluding carboxylic acids is 3. The van der Waals surface area contributed by atoms with Crippen molar-refractivity contribution in [2.75, 3.05) is 32.2 Å². The van der Waals surface area contributed by atoms with Gasteiger partial charge in [-0.3, -0.25) is 14.4 Å². The van der Waals surface area contributed by atoms with Gasteiger partial charge in [0.15, 0.2) is 5.78 Å². The van der Waals surface area contributed by atoms with Gasteiger partial charge in [-0.15, -0.1) is 0 Å². The van der Waals surface area contributed by atoms with Gasteiger partial charge in [-0.05, 0) is 62.2 Å². The monoisotopic (exact) mass is 426 g/mol. The third-order valence-electron chi connectivity index (χ3n) is 4.58.